The fourth-order valence-electron chi connectivity index (χ4n) is 5.10. The lowest BCUT2D eigenvalue weighted by Crippen LogP contribution is -2.49. The van der Waals surface area contributed by atoms with E-state index in [0.717, 1.165) is 51.0 Å². The van der Waals surface area contributed by atoms with Crippen LogP contribution in [0.3, 0.4) is 0 Å². The van der Waals surface area contributed by atoms with Crippen molar-refractivity contribution >= 4 is 0 Å². The van der Waals surface area contributed by atoms with E-state index in [1.807, 2.05) is 30.3 Å². The highest BCUT2D eigenvalue weighted by molar-refractivity contribution is 5.42. The normalized spacial score (nSPS) is 20.4. The molecular weight excluding hydrogens is 429 g/mol. The first-order valence-electron chi connectivity index (χ1n) is 11.9. The monoisotopic (exact) mass is 462 g/mol. The molecule has 2 N–H and O–H groups in total. The average molecular weight is 463 g/mol. The third-order valence-corrected chi connectivity index (χ3v) is 6.97. The Morgan fingerprint density at radius 2 is 1.70 bits per heavy atom. The molecule has 0 aromatic heterocycles. The molecule has 180 valence electrons. The zero-order valence-corrected chi connectivity index (χ0v) is 18.9. The lowest BCUT2D eigenvalue weighted by molar-refractivity contribution is -0.139. The Labute approximate surface area is 193 Å². The molecule has 0 bridgehead atoms. The number of hydrogen-bond donors (Lipinski definition) is 2. The fourth-order valence-corrected chi connectivity index (χ4v) is 5.10. The van der Waals surface area contributed by atoms with Crippen LogP contribution in [0.2, 0.25) is 0 Å². The number of piperazine rings is 1. The predicted molar refractivity (Wildman–Crippen MR) is 122 cm³/mol. The van der Waals surface area contributed by atoms with Crippen LogP contribution < -0.4 is 10.1 Å². The van der Waals surface area contributed by atoms with Gasteiger partial charge >= 0.3 is 6.18 Å². The van der Waals surface area contributed by atoms with Crippen LogP contribution >= 0.6 is 0 Å². The van der Waals surface area contributed by atoms with Crippen LogP contribution in [0.25, 0.3) is 0 Å². The molecule has 2 aromatic carbocycles. The second kappa shape index (κ2) is 10.5. The third-order valence-electron chi connectivity index (χ3n) is 6.97. The molecule has 2 fully saturated rings. The highest BCUT2D eigenvalue weighted by Gasteiger charge is 2.42. The van der Waals surface area contributed by atoms with Crippen molar-refractivity contribution in [2.75, 3.05) is 32.7 Å². The van der Waals surface area contributed by atoms with E-state index in [9.17, 15) is 18.3 Å². The van der Waals surface area contributed by atoms with Gasteiger partial charge in [-0.1, -0.05) is 55.7 Å². The van der Waals surface area contributed by atoms with Gasteiger partial charge in [0.05, 0.1) is 11.2 Å². The minimum atomic E-state index is -4.54. The number of aliphatic hydroxyl groups is 1. The molecular formula is C26H33F3N2O2. The van der Waals surface area contributed by atoms with Crippen molar-refractivity contribution in [2.45, 2.75) is 56.4 Å². The molecule has 4 nitrogen and oxygen atoms in total. The minimum Gasteiger partial charge on any atom is -0.488 e. The minimum absolute atomic E-state index is 0.0669. The molecule has 0 amide bonds. The number of nitrogens with one attached hydrogen (secondary N) is 1. The second-order valence-corrected chi connectivity index (χ2v) is 9.30. The van der Waals surface area contributed by atoms with Crippen LogP contribution in [0.1, 0.15) is 54.7 Å². The SMILES string of the molecule is OC1(C(CN2CCNCC2)c2ccc(OCc3ccccc3)c(C(F)(F)F)c2)CCCCC1. The first-order valence-corrected chi connectivity index (χ1v) is 11.9. The van der Waals surface area contributed by atoms with Gasteiger partial charge in [0.2, 0.25) is 0 Å². The largest absolute Gasteiger partial charge is 0.488 e. The number of hydrogen-bond acceptors (Lipinski definition) is 4. The lowest BCUT2D eigenvalue weighted by atomic mass is 9.72. The Morgan fingerprint density at radius 3 is 2.36 bits per heavy atom. The maximum absolute atomic E-state index is 14.1. The highest BCUT2D eigenvalue weighted by Crippen LogP contribution is 2.44. The summed E-state index contributed by atoms with van der Waals surface area (Å²) in [5.74, 6) is -0.549. The zero-order valence-electron chi connectivity index (χ0n) is 18.9. The van der Waals surface area contributed by atoms with E-state index in [2.05, 4.69) is 10.2 Å². The van der Waals surface area contributed by atoms with Crippen molar-refractivity contribution < 1.29 is 23.0 Å². The maximum atomic E-state index is 14.1. The van der Waals surface area contributed by atoms with Gasteiger partial charge in [-0.2, -0.15) is 13.2 Å². The summed E-state index contributed by atoms with van der Waals surface area (Å²) in [5.41, 5.74) is -0.418. The molecule has 0 spiro atoms. The zero-order chi connectivity index (χ0) is 23.3. The molecule has 1 atom stereocenters. The van der Waals surface area contributed by atoms with E-state index in [4.69, 9.17) is 4.74 Å². The molecule has 1 aliphatic heterocycles. The van der Waals surface area contributed by atoms with Crippen molar-refractivity contribution in [2.24, 2.45) is 0 Å². The molecule has 7 heteroatoms. The Morgan fingerprint density at radius 1 is 1.00 bits per heavy atom. The fraction of sp³-hybridized carbons (Fsp3) is 0.538. The van der Waals surface area contributed by atoms with Gasteiger partial charge in [0.1, 0.15) is 12.4 Å². The molecule has 2 aromatic rings. The van der Waals surface area contributed by atoms with Crippen LogP contribution in [0.5, 0.6) is 5.75 Å². The van der Waals surface area contributed by atoms with Gasteiger partial charge < -0.3 is 20.1 Å². The Bertz CT molecular complexity index is 892. The Kier molecular flexibility index (Phi) is 7.62. The molecule has 33 heavy (non-hydrogen) atoms. The van der Waals surface area contributed by atoms with Crippen molar-refractivity contribution in [1.29, 1.82) is 0 Å². The number of benzene rings is 2. The first-order chi connectivity index (χ1) is 15.9. The summed E-state index contributed by atoms with van der Waals surface area (Å²) >= 11 is 0. The smallest absolute Gasteiger partial charge is 0.419 e. The first kappa shape index (κ1) is 24.0. The van der Waals surface area contributed by atoms with Gasteiger partial charge in [0, 0.05) is 38.6 Å². The van der Waals surface area contributed by atoms with Crippen LogP contribution in [0.4, 0.5) is 13.2 Å². The van der Waals surface area contributed by atoms with Crippen LogP contribution in [0, 0.1) is 0 Å². The van der Waals surface area contributed by atoms with E-state index in [1.165, 1.54) is 12.1 Å². The number of ether oxygens (including phenoxy) is 1. The van der Waals surface area contributed by atoms with E-state index >= 15 is 0 Å². The second-order valence-electron chi connectivity index (χ2n) is 9.30. The highest BCUT2D eigenvalue weighted by atomic mass is 19.4. The topological polar surface area (TPSA) is 44.7 Å². The van der Waals surface area contributed by atoms with E-state index in [-0.39, 0.29) is 18.3 Å². The van der Waals surface area contributed by atoms with Gasteiger partial charge in [-0.15, -0.1) is 0 Å². The Balaban J connectivity index is 1.64. The van der Waals surface area contributed by atoms with Crippen molar-refractivity contribution in [3.05, 3.63) is 65.2 Å². The van der Waals surface area contributed by atoms with Crippen LogP contribution in [-0.4, -0.2) is 48.3 Å². The molecule has 1 unspecified atom stereocenters. The van der Waals surface area contributed by atoms with Crippen molar-refractivity contribution in [3.63, 3.8) is 0 Å². The van der Waals surface area contributed by atoms with Crippen molar-refractivity contribution in [1.82, 2.24) is 10.2 Å². The van der Waals surface area contributed by atoms with Crippen molar-refractivity contribution in [3.8, 4) is 5.75 Å². The van der Waals surface area contributed by atoms with E-state index in [0.29, 0.717) is 24.9 Å². The molecule has 2 aliphatic rings. The third kappa shape index (κ3) is 6.08. The van der Waals surface area contributed by atoms with E-state index in [1.54, 1.807) is 6.07 Å². The van der Waals surface area contributed by atoms with Gasteiger partial charge in [0.25, 0.3) is 0 Å². The molecule has 1 saturated heterocycles. The summed E-state index contributed by atoms with van der Waals surface area (Å²) in [7, 11) is 0. The number of halogens is 3. The molecule has 0 radical (unpaired) electrons. The number of rotatable bonds is 7. The molecule has 1 saturated carbocycles. The summed E-state index contributed by atoms with van der Waals surface area (Å²) in [6.07, 6.45) is -0.438. The van der Waals surface area contributed by atoms with E-state index < -0.39 is 17.3 Å². The molecule has 1 aliphatic carbocycles. The van der Waals surface area contributed by atoms with Crippen LogP contribution in [0.15, 0.2) is 48.5 Å². The summed E-state index contributed by atoms with van der Waals surface area (Å²) in [4.78, 5) is 2.25. The summed E-state index contributed by atoms with van der Waals surface area (Å²) in [6.45, 7) is 3.99. The summed E-state index contributed by atoms with van der Waals surface area (Å²) in [5, 5.41) is 14.9. The lowest BCUT2D eigenvalue weighted by Gasteiger charge is -2.42. The molecule has 1 heterocycles. The van der Waals surface area contributed by atoms with Gasteiger partial charge in [-0.25, -0.2) is 0 Å². The number of alkyl halides is 3. The summed E-state index contributed by atoms with van der Waals surface area (Å²) < 4.78 is 47.8. The Hall–Kier alpha value is -2.09. The standard InChI is InChI=1S/C26H33F3N2O2/c27-26(28,29)22-17-21(9-10-24(22)33-19-20-7-3-1-4-8-20)23(18-31-15-13-30-14-16-31)25(32)11-5-2-6-12-25/h1,3-4,7-10,17,23,30,32H,2,5-6,11-16,18-19H2. The summed E-state index contributed by atoms with van der Waals surface area (Å²) in [6, 6.07) is 13.5. The van der Waals surface area contributed by atoms with Gasteiger partial charge in [0.15, 0.2) is 0 Å². The van der Waals surface area contributed by atoms with Gasteiger partial charge in [-0.05, 0) is 36.1 Å². The van der Waals surface area contributed by atoms with Gasteiger partial charge in [-0.3, -0.25) is 0 Å². The number of nitrogens with zero attached hydrogens (tertiary/aromatic N) is 1. The average Bonchev–Trinajstić information content (AvgIpc) is 2.82. The maximum Gasteiger partial charge on any atom is 0.419 e. The molecule has 4 rings (SSSR count). The predicted octanol–water partition coefficient (Wildman–Crippen LogP) is 4.97. The van der Waals surface area contributed by atoms with Crippen LogP contribution in [-0.2, 0) is 12.8 Å². The quantitative estimate of drug-likeness (QED) is 0.610.